The molecule has 0 amide bonds. The number of nitrogens with two attached hydrogens (primary N) is 1. The van der Waals surface area contributed by atoms with E-state index in [4.69, 9.17) is 5.73 Å². The highest BCUT2D eigenvalue weighted by molar-refractivity contribution is 5.95. The number of benzene rings is 1. The van der Waals surface area contributed by atoms with E-state index in [0.717, 1.165) is 5.56 Å². The van der Waals surface area contributed by atoms with Crippen LogP contribution < -0.4 is 11.4 Å². The fourth-order valence-electron chi connectivity index (χ4n) is 2.11. The van der Waals surface area contributed by atoms with Crippen LogP contribution in [0.4, 0.5) is 5.95 Å². The van der Waals surface area contributed by atoms with E-state index in [1.54, 1.807) is 0 Å². The molecule has 0 fully saturated rings. The van der Waals surface area contributed by atoms with E-state index in [-0.39, 0.29) is 17.3 Å². The molecule has 0 aliphatic rings. The predicted molar refractivity (Wildman–Crippen MR) is 77.0 cm³/mol. The first-order valence-electron chi connectivity index (χ1n) is 6.32. The highest BCUT2D eigenvalue weighted by Gasteiger charge is 2.18. The van der Waals surface area contributed by atoms with Gasteiger partial charge in [-0.05, 0) is 5.56 Å². The zero-order chi connectivity index (χ0) is 14.8. The summed E-state index contributed by atoms with van der Waals surface area (Å²) in [5.41, 5.74) is 6.43. The molecular formula is C14H13N5O2. The average Bonchev–Trinajstić information content (AvgIpc) is 3.07. The minimum atomic E-state index is -0.403. The van der Waals surface area contributed by atoms with Crippen LogP contribution in [0.2, 0.25) is 0 Å². The highest BCUT2D eigenvalue weighted by Crippen LogP contribution is 2.08. The van der Waals surface area contributed by atoms with Crippen LogP contribution in [-0.4, -0.2) is 25.0 Å². The SMILES string of the molecule is Nc1nccn1C(=O)c1c[nH]c(=O)n1Cc1ccccc1. The number of aromatic nitrogens is 4. The lowest BCUT2D eigenvalue weighted by molar-refractivity contribution is 0.0953. The van der Waals surface area contributed by atoms with Gasteiger partial charge in [-0.25, -0.2) is 9.78 Å². The second kappa shape index (κ2) is 5.12. The third kappa shape index (κ3) is 2.36. The molecule has 3 aromatic rings. The molecule has 106 valence electrons. The van der Waals surface area contributed by atoms with Crippen LogP contribution in [0, 0.1) is 0 Å². The molecule has 0 atom stereocenters. The van der Waals surface area contributed by atoms with Crippen molar-refractivity contribution in [1.82, 2.24) is 19.1 Å². The number of rotatable bonds is 3. The van der Waals surface area contributed by atoms with Gasteiger partial charge >= 0.3 is 5.69 Å². The van der Waals surface area contributed by atoms with Crippen molar-refractivity contribution >= 4 is 11.9 Å². The molecule has 7 heteroatoms. The lowest BCUT2D eigenvalue weighted by Gasteiger charge is -2.07. The van der Waals surface area contributed by atoms with Gasteiger partial charge in [0.25, 0.3) is 5.91 Å². The standard InChI is InChI=1S/C14H13N5O2/c15-13-16-6-7-18(13)12(20)11-8-17-14(21)19(11)9-10-4-2-1-3-5-10/h1-8H,9H2,(H2,15,16)(H,17,21). The summed E-state index contributed by atoms with van der Waals surface area (Å²) in [6.07, 6.45) is 4.27. The Bertz CT molecular complexity index is 828. The van der Waals surface area contributed by atoms with Crippen LogP contribution in [-0.2, 0) is 6.54 Å². The van der Waals surface area contributed by atoms with Gasteiger partial charge in [0.1, 0.15) is 5.69 Å². The number of H-pyrrole nitrogens is 1. The number of imidazole rings is 2. The van der Waals surface area contributed by atoms with Crippen molar-refractivity contribution in [3.8, 4) is 0 Å². The van der Waals surface area contributed by atoms with Crippen molar-refractivity contribution in [3.63, 3.8) is 0 Å². The molecule has 0 saturated carbocycles. The molecule has 0 radical (unpaired) electrons. The Hall–Kier alpha value is -3.09. The summed E-state index contributed by atoms with van der Waals surface area (Å²) in [5, 5.41) is 0. The second-order valence-electron chi connectivity index (χ2n) is 4.51. The first kappa shape index (κ1) is 12.9. The van der Waals surface area contributed by atoms with E-state index in [1.165, 1.54) is 27.7 Å². The zero-order valence-corrected chi connectivity index (χ0v) is 11.1. The molecule has 21 heavy (non-hydrogen) atoms. The summed E-state index contributed by atoms with van der Waals surface area (Å²) in [7, 11) is 0. The number of nitrogens with zero attached hydrogens (tertiary/aromatic N) is 3. The Morgan fingerprint density at radius 3 is 2.71 bits per heavy atom. The van der Waals surface area contributed by atoms with Crippen LogP contribution in [0.3, 0.4) is 0 Å². The Balaban J connectivity index is 2.00. The van der Waals surface area contributed by atoms with E-state index >= 15 is 0 Å². The third-order valence-corrected chi connectivity index (χ3v) is 3.16. The minimum absolute atomic E-state index is 0.0833. The molecule has 0 spiro atoms. The molecule has 2 aromatic heterocycles. The Morgan fingerprint density at radius 1 is 1.29 bits per heavy atom. The van der Waals surface area contributed by atoms with Gasteiger partial charge in [0.15, 0.2) is 0 Å². The number of carbonyl (C=O) groups excluding carboxylic acids is 1. The molecule has 2 heterocycles. The lowest BCUT2D eigenvalue weighted by atomic mass is 10.2. The van der Waals surface area contributed by atoms with Gasteiger partial charge in [-0.3, -0.25) is 13.9 Å². The molecule has 3 rings (SSSR count). The third-order valence-electron chi connectivity index (χ3n) is 3.16. The quantitative estimate of drug-likeness (QED) is 0.738. The molecular weight excluding hydrogens is 270 g/mol. The molecule has 0 bridgehead atoms. The van der Waals surface area contributed by atoms with Gasteiger partial charge in [0.2, 0.25) is 5.95 Å². The van der Waals surface area contributed by atoms with Crippen molar-refractivity contribution in [2.75, 3.05) is 5.73 Å². The van der Waals surface area contributed by atoms with E-state index < -0.39 is 5.91 Å². The number of hydrogen-bond acceptors (Lipinski definition) is 4. The Kier molecular flexibility index (Phi) is 3.15. The molecule has 0 aliphatic heterocycles. The summed E-state index contributed by atoms with van der Waals surface area (Å²) in [6.45, 7) is 0.304. The zero-order valence-electron chi connectivity index (χ0n) is 11.1. The maximum atomic E-state index is 12.4. The number of aromatic amines is 1. The van der Waals surface area contributed by atoms with E-state index in [9.17, 15) is 9.59 Å². The van der Waals surface area contributed by atoms with Gasteiger partial charge in [-0.15, -0.1) is 0 Å². The summed E-state index contributed by atoms with van der Waals surface area (Å²) < 4.78 is 2.57. The molecule has 3 N–H and O–H groups in total. The van der Waals surface area contributed by atoms with Gasteiger partial charge in [0.05, 0.1) is 6.54 Å². The van der Waals surface area contributed by atoms with Gasteiger partial charge in [-0.2, -0.15) is 0 Å². The minimum Gasteiger partial charge on any atom is -0.369 e. The van der Waals surface area contributed by atoms with Crippen LogP contribution in [0.5, 0.6) is 0 Å². The van der Waals surface area contributed by atoms with Crippen molar-refractivity contribution in [2.45, 2.75) is 6.54 Å². The van der Waals surface area contributed by atoms with Gasteiger partial charge < -0.3 is 10.7 Å². The topological polar surface area (TPSA) is 98.7 Å². The summed E-state index contributed by atoms with van der Waals surface area (Å²) in [4.78, 5) is 30.7. The Labute approximate surface area is 119 Å². The monoisotopic (exact) mass is 283 g/mol. The fraction of sp³-hybridized carbons (Fsp3) is 0.0714. The highest BCUT2D eigenvalue weighted by atomic mass is 16.2. The van der Waals surface area contributed by atoms with Crippen LogP contribution in [0.1, 0.15) is 16.1 Å². The molecule has 7 nitrogen and oxygen atoms in total. The van der Waals surface area contributed by atoms with Crippen molar-refractivity contribution in [3.05, 3.63) is 70.7 Å². The summed E-state index contributed by atoms with van der Waals surface area (Å²) in [5.74, 6) is -0.320. The van der Waals surface area contributed by atoms with Crippen LogP contribution in [0.15, 0.2) is 53.7 Å². The maximum Gasteiger partial charge on any atom is 0.326 e. The first-order valence-corrected chi connectivity index (χ1v) is 6.32. The molecule has 0 saturated heterocycles. The van der Waals surface area contributed by atoms with Crippen molar-refractivity contribution in [2.24, 2.45) is 0 Å². The average molecular weight is 283 g/mol. The molecule has 1 aromatic carbocycles. The number of nitrogen functional groups attached to an aromatic ring is 1. The van der Waals surface area contributed by atoms with E-state index in [0.29, 0.717) is 6.54 Å². The predicted octanol–water partition coefficient (Wildman–Crippen LogP) is 0.692. The molecule has 0 aliphatic carbocycles. The second-order valence-corrected chi connectivity index (χ2v) is 4.51. The maximum absolute atomic E-state index is 12.4. The van der Waals surface area contributed by atoms with Crippen molar-refractivity contribution < 1.29 is 4.79 Å². The summed E-state index contributed by atoms with van der Waals surface area (Å²) >= 11 is 0. The van der Waals surface area contributed by atoms with Gasteiger partial charge in [-0.1, -0.05) is 30.3 Å². The largest absolute Gasteiger partial charge is 0.369 e. The first-order chi connectivity index (χ1) is 10.2. The number of nitrogens with one attached hydrogen (secondary N) is 1. The fourth-order valence-corrected chi connectivity index (χ4v) is 2.11. The molecule has 0 unspecified atom stereocenters. The number of anilines is 1. The lowest BCUT2D eigenvalue weighted by Crippen LogP contribution is -2.24. The van der Waals surface area contributed by atoms with Crippen LogP contribution in [0.25, 0.3) is 0 Å². The Morgan fingerprint density at radius 2 is 2.05 bits per heavy atom. The van der Waals surface area contributed by atoms with Crippen LogP contribution >= 0.6 is 0 Å². The van der Waals surface area contributed by atoms with Crippen molar-refractivity contribution in [1.29, 1.82) is 0 Å². The number of hydrogen-bond donors (Lipinski definition) is 2. The van der Waals surface area contributed by atoms with Gasteiger partial charge in [0, 0.05) is 18.6 Å². The summed E-state index contributed by atoms with van der Waals surface area (Å²) in [6, 6.07) is 9.42. The smallest absolute Gasteiger partial charge is 0.326 e. The van der Waals surface area contributed by atoms with E-state index in [1.807, 2.05) is 30.3 Å². The number of carbonyl (C=O) groups is 1. The van der Waals surface area contributed by atoms with E-state index in [2.05, 4.69) is 9.97 Å². The normalized spacial score (nSPS) is 10.7.